The lowest BCUT2D eigenvalue weighted by Crippen LogP contribution is -2.63. The summed E-state index contributed by atoms with van der Waals surface area (Å²) in [7, 11) is -6.96. The van der Waals surface area contributed by atoms with E-state index in [-0.39, 0.29) is 11.1 Å². The van der Waals surface area contributed by atoms with Crippen molar-refractivity contribution in [3.63, 3.8) is 0 Å². The van der Waals surface area contributed by atoms with Gasteiger partial charge in [0.2, 0.25) is 0 Å². The van der Waals surface area contributed by atoms with Crippen LogP contribution in [0.1, 0.15) is 19.8 Å². The number of nitrogens with one attached hydrogen (secondary N) is 1. The molecule has 0 bridgehead atoms. The molecular formula is C8H9F8NO3S. The van der Waals surface area contributed by atoms with Crippen molar-refractivity contribution in [2.45, 2.75) is 43.3 Å². The Morgan fingerprint density at radius 3 is 1.71 bits per heavy atom. The van der Waals surface area contributed by atoms with E-state index in [9.17, 15) is 48.3 Å². The van der Waals surface area contributed by atoms with Gasteiger partial charge in [-0.3, -0.25) is 4.79 Å². The van der Waals surface area contributed by atoms with Crippen LogP contribution in [0, 0.1) is 0 Å². The van der Waals surface area contributed by atoms with Crippen LogP contribution in [0.5, 0.6) is 0 Å². The Morgan fingerprint density at radius 2 is 1.43 bits per heavy atom. The molecule has 0 aromatic carbocycles. The number of sulfonamides is 1. The summed E-state index contributed by atoms with van der Waals surface area (Å²) in [6.07, 6.45) is -17.3. The van der Waals surface area contributed by atoms with Crippen LogP contribution in [0.2, 0.25) is 0 Å². The fourth-order valence-electron chi connectivity index (χ4n) is 1.12. The Balaban J connectivity index is 5.70. The van der Waals surface area contributed by atoms with Crippen molar-refractivity contribution in [1.29, 1.82) is 0 Å². The number of carbonyl (C=O) groups is 1. The second kappa shape index (κ2) is 5.93. The van der Waals surface area contributed by atoms with E-state index in [1.165, 1.54) is 6.92 Å². The maximum atomic E-state index is 13.2. The van der Waals surface area contributed by atoms with Crippen LogP contribution in [-0.2, 0) is 14.8 Å². The van der Waals surface area contributed by atoms with E-state index >= 15 is 0 Å². The van der Waals surface area contributed by atoms with Crippen LogP contribution in [-0.4, -0.2) is 37.9 Å². The fourth-order valence-corrected chi connectivity index (χ4v) is 2.26. The standard InChI is InChI=1S/C8H9F8NO3S/c1-2-3-4(9)5(18)17-21(19,20)6(10,7(11,12)13)8(14,15)16/h4H,2-3H2,1H3,(H,17,18). The van der Waals surface area contributed by atoms with E-state index in [0.717, 1.165) is 0 Å². The third-order valence-electron chi connectivity index (χ3n) is 2.16. The Hall–Kier alpha value is -1.14. The first kappa shape index (κ1) is 19.9. The van der Waals surface area contributed by atoms with Gasteiger partial charge in [0.25, 0.3) is 15.9 Å². The lowest BCUT2D eigenvalue weighted by Gasteiger charge is -2.29. The molecule has 0 radical (unpaired) electrons. The molecule has 13 heteroatoms. The van der Waals surface area contributed by atoms with Gasteiger partial charge in [0.15, 0.2) is 6.17 Å². The van der Waals surface area contributed by atoms with Gasteiger partial charge in [-0.15, -0.1) is 0 Å². The molecule has 0 spiro atoms. The fraction of sp³-hybridized carbons (Fsp3) is 0.875. The van der Waals surface area contributed by atoms with Crippen molar-refractivity contribution < 1.29 is 48.3 Å². The van der Waals surface area contributed by atoms with E-state index in [1.807, 2.05) is 0 Å². The zero-order valence-corrected chi connectivity index (χ0v) is 11.0. The Bertz CT molecular complexity index is 469. The van der Waals surface area contributed by atoms with E-state index in [0.29, 0.717) is 0 Å². The number of halogens is 8. The molecule has 0 aliphatic heterocycles. The van der Waals surface area contributed by atoms with Crippen LogP contribution >= 0.6 is 0 Å². The summed E-state index contributed by atoms with van der Waals surface area (Å²) in [5.74, 6) is -2.31. The Kier molecular flexibility index (Phi) is 5.60. The molecule has 0 saturated heterocycles. The molecule has 0 rings (SSSR count). The maximum Gasteiger partial charge on any atom is 0.448 e. The predicted molar refractivity (Wildman–Crippen MR) is 52.8 cm³/mol. The van der Waals surface area contributed by atoms with Gasteiger partial charge in [0.1, 0.15) is 0 Å². The topological polar surface area (TPSA) is 63.2 Å². The minimum atomic E-state index is -6.96. The smallest absolute Gasteiger partial charge is 0.271 e. The minimum Gasteiger partial charge on any atom is -0.271 e. The molecule has 0 saturated carbocycles. The van der Waals surface area contributed by atoms with Crippen molar-refractivity contribution in [3.05, 3.63) is 0 Å². The van der Waals surface area contributed by atoms with E-state index < -0.39 is 45.9 Å². The van der Waals surface area contributed by atoms with Crippen LogP contribution in [0.4, 0.5) is 35.1 Å². The molecule has 21 heavy (non-hydrogen) atoms. The van der Waals surface area contributed by atoms with Gasteiger partial charge in [0.05, 0.1) is 0 Å². The third-order valence-corrected chi connectivity index (χ3v) is 3.83. The van der Waals surface area contributed by atoms with Gasteiger partial charge in [-0.25, -0.2) is 21.9 Å². The quantitative estimate of drug-likeness (QED) is 0.774. The van der Waals surface area contributed by atoms with Crippen LogP contribution in [0.3, 0.4) is 0 Å². The number of carbonyl (C=O) groups excluding carboxylic acids is 1. The van der Waals surface area contributed by atoms with Crippen LogP contribution in [0.25, 0.3) is 0 Å². The molecule has 0 aromatic rings. The third kappa shape index (κ3) is 3.74. The summed E-state index contributed by atoms with van der Waals surface area (Å²) in [5, 5.41) is -6.74. The van der Waals surface area contributed by atoms with Gasteiger partial charge in [-0.2, -0.15) is 26.3 Å². The molecule has 1 unspecified atom stereocenters. The van der Waals surface area contributed by atoms with Crippen molar-refractivity contribution in [2.75, 3.05) is 0 Å². The first-order valence-corrected chi connectivity index (χ1v) is 6.62. The summed E-state index contributed by atoms with van der Waals surface area (Å²) < 4.78 is 121. The zero-order chi connectivity index (χ0) is 17.3. The van der Waals surface area contributed by atoms with Gasteiger partial charge in [-0.05, 0) is 6.42 Å². The molecule has 4 nitrogen and oxygen atoms in total. The lowest BCUT2D eigenvalue weighted by molar-refractivity contribution is -0.306. The van der Waals surface area contributed by atoms with Gasteiger partial charge in [0, 0.05) is 0 Å². The number of alkyl halides is 8. The average molecular weight is 351 g/mol. The van der Waals surface area contributed by atoms with Crippen LogP contribution in [0.15, 0.2) is 0 Å². The summed E-state index contributed by atoms with van der Waals surface area (Å²) in [6, 6.07) is 0. The van der Waals surface area contributed by atoms with Crippen molar-refractivity contribution in [2.24, 2.45) is 0 Å². The lowest BCUT2D eigenvalue weighted by atomic mass is 10.2. The molecule has 0 aliphatic carbocycles. The highest BCUT2D eigenvalue weighted by Gasteiger charge is 2.81. The largest absolute Gasteiger partial charge is 0.448 e. The first-order chi connectivity index (χ1) is 9.12. The highest BCUT2D eigenvalue weighted by Crippen LogP contribution is 2.49. The van der Waals surface area contributed by atoms with Crippen molar-refractivity contribution >= 4 is 15.9 Å². The average Bonchev–Trinajstić information content (AvgIpc) is 2.24. The number of hydrogen-bond acceptors (Lipinski definition) is 3. The van der Waals surface area contributed by atoms with Crippen LogP contribution < -0.4 is 4.72 Å². The second-order valence-electron chi connectivity index (χ2n) is 3.82. The first-order valence-electron chi connectivity index (χ1n) is 5.14. The normalized spacial score (nSPS) is 15.7. The second-order valence-corrected chi connectivity index (χ2v) is 5.59. The molecule has 1 amide bonds. The number of hydrogen-bond donors (Lipinski definition) is 1. The number of rotatable bonds is 5. The summed E-state index contributed by atoms with van der Waals surface area (Å²) in [6.45, 7) is 1.30. The van der Waals surface area contributed by atoms with E-state index in [4.69, 9.17) is 0 Å². The van der Waals surface area contributed by atoms with E-state index in [2.05, 4.69) is 0 Å². The predicted octanol–water partition coefficient (Wildman–Crippen LogP) is 2.36. The highest BCUT2D eigenvalue weighted by atomic mass is 32.2. The monoisotopic (exact) mass is 351 g/mol. The molecule has 0 aliphatic rings. The molecule has 0 heterocycles. The summed E-state index contributed by atoms with van der Waals surface area (Å²) >= 11 is 0. The van der Waals surface area contributed by atoms with Crippen molar-refractivity contribution in [3.8, 4) is 0 Å². The van der Waals surface area contributed by atoms with Gasteiger partial charge < -0.3 is 0 Å². The Labute approximate surface area is 113 Å². The van der Waals surface area contributed by atoms with Gasteiger partial charge in [-0.1, -0.05) is 13.3 Å². The number of amides is 1. The zero-order valence-electron chi connectivity index (χ0n) is 10.1. The summed E-state index contributed by atoms with van der Waals surface area (Å²) in [4.78, 5) is 10.9. The summed E-state index contributed by atoms with van der Waals surface area (Å²) in [5.41, 5.74) is 0. The Morgan fingerprint density at radius 1 is 1.05 bits per heavy atom. The maximum absolute atomic E-state index is 13.2. The molecule has 1 atom stereocenters. The molecular weight excluding hydrogens is 342 g/mol. The molecule has 126 valence electrons. The van der Waals surface area contributed by atoms with Gasteiger partial charge >= 0.3 is 17.4 Å². The molecule has 1 N–H and O–H groups in total. The molecule has 0 fully saturated rings. The van der Waals surface area contributed by atoms with Crippen molar-refractivity contribution in [1.82, 2.24) is 4.72 Å². The SMILES string of the molecule is CCCC(F)C(=O)NS(=O)(=O)C(F)(C(F)(F)F)C(F)(F)F. The minimum absolute atomic E-state index is 0.0616. The molecule has 0 aromatic heterocycles. The van der Waals surface area contributed by atoms with E-state index in [1.54, 1.807) is 0 Å². The highest BCUT2D eigenvalue weighted by molar-refractivity contribution is 7.91.